The highest BCUT2D eigenvalue weighted by Gasteiger charge is 2.24. The number of rotatable bonds is 2. The maximum absolute atomic E-state index is 11.7. The Kier molecular flexibility index (Phi) is 2.53. The van der Waals surface area contributed by atoms with Crippen LogP contribution < -0.4 is 21.7 Å². The summed E-state index contributed by atoms with van der Waals surface area (Å²) in [5.74, 6) is -1.02. The molecule has 0 bridgehead atoms. The number of anilines is 3. The Hall–Kier alpha value is -2.77. The Labute approximate surface area is 95.3 Å². The van der Waals surface area contributed by atoms with Crippen molar-refractivity contribution in [2.75, 3.05) is 16.8 Å². The number of nitrogens with zero attached hydrogens (tertiary/aromatic N) is 2. The summed E-state index contributed by atoms with van der Waals surface area (Å²) in [6.07, 6.45) is 0. The van der Waals surface area contributed by atoms with Crippen molar-refractivity contribution in [3.8, 4) is 0 Å². The summed E-state index contributed by atoms with van der Waals surface area (Å²) < 4.78 is 4.18. The van der Waals surface area contributed by atoms with Crippen molar-refractivity contribution >= 4 is 23.1 Å². The van der Waals surface area contributed by atoms with Gasteiger partial charge in [-0.15, -0.1) is 0 Å². The van der Waals surface area contributed by atoms with Crippen LogP contribution in [0.5, 0.6) is 0 Å². The highest BCUT2D eigenvalue weighted by Crippen LogP contribution is 2.17. The van der Waals surface area contributed by atoms with Gasteiger partial charge < -0.3 is 22.0 Å². The molecule has 0 radical (unpaired) electrons. The minimum Gasteiger partial charge on any atom is -0.397 e. The average molecular weight is 235 g/mol. The molecule has 0 spiro atoms. The number of hydrogen-bond donors (Lipinski definition) is 3. The lowest BCUT2D eigenvalue weighted by atomic mass is 10.2. The molecule has 1 aromatic carbocycles. The largest absolute Gasteiger partial charge is 0.397 e. The minimum absolute atomic E-state index is 0.0657. The van der Waals surface area contributed by atoms with E-state index in [2.05, 4.69) is 15.1 Å². The van der Waals surface area contributed by atoms with E-state index in [-0.39, 0.29) is 10.7 Å². The van der Waals surface area contributed by atoms with E-state index in [0.29, 0.717) is 11.4 Å². The molecule has 1 aromatic heterocycles. The number of carbonyl (C=O) groups is 1. The lowest BCUT2D eigenvalue weighted by molar-refractivity contribution is -0.803. The van der Waals surface area contributed by atoms with Crippen molar-refractivity contribution in [2.24, 2.45) is 0 Å². The molecule has 2 rings (SSSR count). The normalized spacial score (nSPS) is 10.1. The van der Waals surface area contributed by atoms with Crippen LogP contribution in [-0.2, 0) is 0 Å². The van der Waals surface area contributed by atoms with Gasteiger partial charge in [0.05, 0.1) is 16.5 Å². The number of para-hydroxylation sites is 2. The fourth-order valence-corrected chi connectivity index (χ4v) is 1.25. The zero-order valence-electron chi connectivity index (χ0n) is 8.58. The molecule has 1 heterocycles. The van der Waals surface area contributed by atoms with Crippen molar-refractivity contribution in [1.29, 1.82) is 0 Å². The molecule has 0 aliphatic rings. The van der Waals surface area contributed by atoms with E-state index in [1.807, 2.05) is 0 Å². The molecule has 5 N–H and O–H groups in total. The Morgan fingerprint density at radius 2 is 2.12 bits per heavy atom. The van der Waals surface area contributed by atoms with Gasteiger partial charge in [0.25, 0.3) is 0 Å². The molecular formula is C9H9N5O3. The van der Waals surface area contributed by atoms with Crippen molar-refractivity contribution < 1.29 is 14.3 Å². The molecule has 8 nitrogen and oxygen atoms in total. The maximum atomic E-state index is 11.7. The van der Waals surface area contributed by atoms with Crippen LogP contribution in [0.2, 0.25) is 0 Å². The molecule has 0 aliphatic heterocycles. The first-order chi connectivity index (χ1) is 8.09. The Morgan fingerprint density at radius 3 is 2.71 bits per heavy atom. The van der Waals surface area contributed by atoms with E-state index < -0.39 is 11.6 Å². The number of aromatic nitrogens is 2. The van der Waals surface area contributed by atoms with Gasteiger partial charge in [0.1, 0.15) is 0 Å². The van der Waals surface area contributed by atoms with E-state index in [1.165, 1.54) is 0 Å². The third-order valence-corrected chi connectivity index (χ3v) is 2.06. The van der Waals surface area contributed by atoms with E-state index in [0.717, 1.165) is 0 Å². The Morgan fingerprint density at radius 1 is 1.41 bits per heavy atom. The van der Waals surface area contributed by atoms with Crippen molar-refractivity contribution in [3.63, 3.8) is 0 Å². The van der Waals surface area contributed by atoms with E-state index in [9.17, 15) is 10.0 Å². The van der Waals surface area contributed by atoms with E-state index >= 15 is 0 Å². The van der Waals surface area contributed by atoms with Gasteiger partial charge in [-0.1, -0.05) is 12.1 Å². The van der Waals surface area contributed by atoms with Crippen LogP contribution in [0.4, 0.5) is 17.2 Å². The number of nitrogen functional groups attached to an aromatic ring is 2. The van der Waals surface area contributed by atoms with Crippen LogP contribution in [-0.4, -0.2) is 11.1 Å². The number of hydrogen-bond acceptors (Lipinski definition) is 6. The highest BCUT2D eigenvalue weighted by molar-refractivity contribution is 6.05. The van der Waals surface area contributed by atoms with Gasteiger partial charge in [-0.25, -0.2) is 0 Å². The predicted molar refractivity (Wildman–Crippen MR) is 58.7 cm³/mol. The first kappa shape index (κ1) is 10.7. The van der Waals surface area contributed by atoms with Crippen LogP contribution >= 0.6 is 0 Å². The van der Waals surface area contributed by atoms with Gasteiger partial charge >= 0.3 is 17.4 Å². The molecular weight excluding hydrogens is 226 g/mol. The monoisotopic (exact) mass is 235 g/mol. The average Bonchev–Trinajstić information content (AvgIpc) is 2.62. The van der Waals surface area contributed by atoms with Gasteiger partial charge in [-0.05, 0) is 17.0 Å². The van der Waals surface area contributed by atoms with Crippen LogP contribution in [0.25, 0.3) is 0 Å². The van der Waals surface area contributed by atoms with Crippen molar-refractivity contribution in [1.82, 2.24) is 5.16 Å². The number of nitrogens with two attached hydrogens (primary N) is 2. The fraction of sp³-hybridized carbons (Fsp3) is 0. The summed E-state index contributed by atoms with van der Waals surface area (Å²) in [5, 5.41) is 16.7. The quantitative estimate of drug-likeness (QED) is 0.484. The Balaban J connectivity index is 2.27. The molecule has 0 fully saturated rings. The van der Waals surface area contributed by atoms with E-state index in [4.69, 9.17) is 11.5 Å². The van der Waals surface area contributed by atoms with Crippen LogP contribution in [0, 0.1) is 5.21 Å². The first-order valence-corrected chi connectivity index (χ1v) is 4.60. The number of benzene rings is 1. The third kappa shape index (κ3) is 1.95. The second kappa shape index (κ2) is 4.00. The van der Waals surface area contributed by atoms with Crippen LogP contribution in [0.3, 0.4) is 0 Å². The molecule has 0 aliphatic carbocycles. The summed E-state index contributed by atoms with van der Waals surface area (Å²) in [6, 6.07) is 6.60. The van der Waals surface area contributed by atoms with Crippen molar-refractivity contribution in [2.45, 2.75) is 0 Å². The summed E-state index contributed by atoms with van der Waals surface area (Å²) in [5.41, 5.74) is 11.3. The maximum Gasteiger partial charge on any atom is 0.318 e. The Bertz CT molecular complexity index is 546. The predicted octanol–water partition coefficient (Wildman–Crippen LogP) is -0.275. The smallest absolute Gasteiger partial charge is 0.318 e. The second-order valence-electron chi connectivity index (χ2n) is 3.21. The number of carbonyl (C=O) groups excluding carboxylic acids is 1. The first-order valence-electron chi connectivity index (χ1n) is 4.60. The molecule has 0 saturated heterocycles. The molecule has 1 amide bonds. The highest BCUT2D eigenvalue weighted by atomic mass is 16.8. The van der Waals surface area contributed by atoms with Crippen LogP contribution in [0.15, 0.2) is 28.9 Å². The van der Waals surface area contributed by atoms with Gasteiger partial charge in [-0.3, -0.25) is 9.42 Å². The summed E-state index contributed by atoms with van der Waals surface area (Å²) in [7, 11) is 0. The summed E-state index contributed by atoms with van der Waals surface area (Å²) in [4.78, 5) is 11.6. The van der Waals surface area contributed by atoms with Gasteiger partial charge in [-0.2, -0.15) is 0 Å². The zero-order valence-corrected chi connectivity index (χ0v) is 8.58. The lowest BCUT2D eigenvalue weighted by Gasteiger charge is -2.05. The van der Waals surface area contributed by atoms with Gasteiger partial charge in [0.15, 0.2) is 0 Å². The molecule has 0 saturated carbocycles. The minimum atomic E-state index is -0.739. The summed E-state index contributed by atoms with van der Waals surface area (Å²) >= 11 is 0. The second-order valence-corrected chi connectivity index (χ2v) is 3.21. The SMILES string of the molecule is Nc1ccccc1NC(=O)c1c(N)no[n+]1[O-]. The zero-order chi connectivity index (χ0) is 12.4. The molecule has 2 aromatic rings. The van der Waals surface area contributed by atoms with Crippen LogP contribution in [0.1, 0.15) is 10.5 Å². The van der Waals surface area contributed by atoms with E-state index in [1.54, 1.807) is 24.3 Å². The lowest BCUT2D eigenvalue weighted by Crippen LogP contribution is -2.34. The fourth-order valence-electron chi connectivity index (χ4n) is 1.25. The van der Waals surface area contributed by atoms with Crippen molar-refractivity contribution in [3.05, 3.63) is 35.2 Å². The molecule has 8 heteroatoms. The molecule has 88 valence electrons. The third-order valence-electron chi connectivity index (χ3n) is 2.06. The standard InChI is InChI=1S/C9H9N5O3/c10-5-3-1-2-4-6(5)12-9(15)7-8(11)13-17-14(7)16/h1-4H,10H2,(H2,11,13)(H,12,15). The topological polar surface area (TPSA) is 134 Å². The molecule has 0 unspecified atom stereocenters. The molecule has 0 atom stereocenters. The van der Waals surface area contributed by atoms with Gasteiger partial charge in [0.2, 0.25) is 0 Å². The van der Waals surface area contributed by atoms with Gasteiger partial charge in [0, 0.05) is 0 Å². The number of amides is 1. The molecule has 17 heavy (non-hydrogen) atoms. The number of nitrogens with one attached hydrogen (secondary N) is 1. The summed E-state index contributed by atoms with van der Waals surface area (Å²) in [6.45, 7) is 0.